The fourth-order valence-corrected chi connectivity index (χ4v) is 8.44. The number of aromatic nitrogens is 3. The maximum absolute atomic E-state index is 5.08. The lowest BCUT2D eigenvalue weighted by molar-refractivity contribution is 1.07. The zero-order valence-electron chi connectivity index (χ0n) is 23.4. The van der Waals surface area contributed by atoms with Crippen LogP contribution < -0.4 is 0 Å². The lowest BCUT2D eigenvalue weighted by Gasteiger charge is -2.12. The van der Waals surface area contributed by atoms with Crippen LogP contribution in [0.15, 0.2) is 140 Å². The van der Waals surface area contributed by atoms with E-state index < -0.39 is 0 Å². The molecule has 0 unspecified atom stereocenters. The third kappa shape index (κ3) is 4.13. The SMILES string of the molecule is c1ccc(-c2nc(-c3ccccc3)nc(-c3cc(-c4cccc5sc6ccccc6c45)c4c(c3)sc3ccccc34)n2)cc1. The van der Waals surface area contributed by atoms with Gasteiger partial charge >= 0.3 is 0 Å². The van der Waals surface area contributed by atoms with Gasteiger partial charge < -0.3 is 0 Å². The Morgan fingerprint density at radius 1 is 0.341 bits per heavy atom. The van der Waals surface area contributed by atoms with Gasteiger partial charge in [0.15, 0.2) is 17.5 Å². The number of hydrogen-bond donors (Lipinski definition) is 0. The van der Waals surface area contributed by atoms with Crippen molar-refractivity contribution in [2.45, 2.75) is 0 Å². The second-order valence-corrected chi connectivity index (χ2v) is 13.0. The average molecular weight is 598 g/mol. The number of benzene rings is 6. The molecular formula is C39H23N3S2. The van der Waals surface area contributed by atoms with E-state index in [2.05, 4.69) is 103 Å². The summed E-state index contributed by atoms with van der Waals surface area (Å²) in [6, 6.07) is 49.0. The Hall–Kier alpha value is -5.23. The summed E-state index contributed by atoms with van der Waals surface area (Å²) in [5.41, 5.74) is 5.34. The molecule has 206 valence electrons. The van der Waals surface area contributed by atoms with Crippen molar-refractivity contribution in [2.24, 2.45) is 0 Å². The normalized spacial score (nSPS) is 11.6. The first-order valence-electron chi connectivity index (χ1n) is 14.5. The van der Waals surface area contributed by atoms with Crippen LogP contribution in [0.4, 0.5) is 0 Å². The Morgan fingerprint density at radius 3 is 1.43 bits per heavy atom. The summed E-state index contributed by atoms with van der Waals surface area (Å²) in [6.45, 7) is 0. The third-order valence-electron chi connectivity index (χ3n) is 8.13. The standard InChI is InChI=1S/C39H23N3S2/c1-3-12-24(13-4-1)37-40-38(25-14-5-2-6-15-25)42-39(41-37)26-22-30(36-29-17-8-10-20-32(29)44-34(36)23-26)27-18-11-21-33-35(27)28-16-7-9-19-31(28)43-33/h1-23H. The van der Waals surface area contributed by atoms with Gasteiger partial charge in [-0.1, -0.05) is 109 Å². The fourth-order valence-electron chi connectivity index (χ4n) is 6.13. The van der Waals surface area contributed by atoms with Crippen LogP contribution in [0.25, 0.3) is 85.6 Å². The molecule has 0 radical (unpaired) electrons. The van der Waals surface area contributed by atoms with Crippen LogP contribution in [0, 0.1) is 0 Å². The second kappa shape index (κ2) is 10.2. The highest BCUT2D eigenvalue weighted by molar-refractivity contribution is 7.26. The Kier molecular flexibility index (Phi) is 5.86. The van der Waals surface area contributed by atoms with Gasteiger partial charge in [-0.05, 0) is 41.5 Å². The Morgan fingerprint density at radius 2 is 0.818 bits per heavy atom. The molecule has 6 aromatic carbocycles. The number of nitrogens with zero attached hydrogens (tertiary/aromatic N) is 3. The van der Waals surface area contributed by atoms with Crippen molar-refractivity contribution in [3.8, 4) is 45.3 Å². The predicted molar refractivity (Wildman–Crippen MR) is 187 cm³/mol. The van der Waals surface area contributed by atoms with Gasteiger partial charge in [-0.15, -0.1) is 22.7 Å². The first kappa shape index (κ1) is 25.3. The summed E-state index contributed by atoms with van der Waals surface area (Å²) < 4.78 is 5.08. The molecule has 3 nitrogen and oxygen atoms in total. The van der Waals surface area contributed by atoms with Crippen molar-refractivity contribution in [2.75, 3.05) is 0 Å². The van der Waals surface area contributed by atoms with Gasteiger partial charge in [0.2, 0.25) is 0 Å². The molecule has 3 heterocycles. The molecule has 0 amide bonds. The quantitative estimate of drug-likeness (QED) is 0.203. The fraction of sp³-hybridized carbons (Fsp3) is 0. The average Bonchev–Trinajstić information content (AvgIpc) is 3.67. The largest absolute Gasteiger partial charge is 0.208 e. The Labute approximate surface area is 261 Å². The lowest BCUT2D eigenvalue weighted by Crippen LogP contribution is -2.00. The van der Waals surface area contributed by atoms with Crippen LogP contribution in [0.1, 0.15) is 0 Å². The van der Waals surface area contributed by atoms with Gasteiger partial charge in [0.25, 0.3) is 0 Å². The van der Waals surface area contributed by atoms with Crippen molar-refractivity contribution in [3.63, 3.8) is 0 Å². The van der Waals surface area contributed by atoms with Gasteiger partial charge in [-0.3, -0.25) is 0 Å². The highest BCUT2D eigenvalue weighted by Gasteiger charge is 2.19. The maximum atomic E-state index is 5.08. The van der Waals surface area contributed by atoms with Gasteiger partial charge in [0, 0.05) is 57.0 Å². The van der Waals surface area contributed by atoms with E-state index in [1.54, 1.807) is 0 Å². The molecule has 0 saturated carbocycles. The first-order valence-corrected chi connectivity index (χ1v) is 16.2. The molecule has 0 aliphatic rings. The molecule has 0 atom stereocenters. The molecule has 0 saturated heterocycles. The van der Waals surface area contributed by atoms with Gasteiger partial charge in [-0.25, -0.2) is 15.0 Å². The van der Waals surface area contributed by atoms with Crippen molar-refractivity contribution in [1.29, 1.82) is 0 Å². The molecule has 3 aromatic heterocycles. The summed E-state index contributed by atoms with van der Waals surface area (Å²) in [4.78, 5) is 15.1. The van der Waals surface area contributed by atoms with E-state index in [-0.39, 0.29) is 0 Å². The molecule has 9 aromatic rings. The number of rotatable bonds is 4. The summed E-state index contributed by atoms with van der Waals surface area (Å²) in [5, 5.41) is 5.14. The number of fused-ring (bicyclic) bond motifs is 6. The molecule has 0 N–H and O–H groups in total. The van der Waals surface area contributed by atoms with Crippen LogP contribution in [-0.2, 0) is 0 Å². The first-order chi connectivity index (χ1) is 21.8. The molecule has 0 spiro atoms. The minimum absolute atomic E-state index is 0.665. The van der Waals surface area contributed by atoms with Gasteiger partial charge in [-0.2, -0.15) is 0 Å². The molecule has 44 heavy (non-hydrogen) atoms. The highest BCUT2D eigenvalue weighted by Crippen LogP contribution is 2.46. The van der Waals surface area contributed by atoms with E-state index in [9.17, 15) is 0 Å². The van der Waals surface area contributed by atoms with Crippen LogP contribution in [0.5, 0.6) is 0 Å². The molecule has 0 aliphatic heterocycles. The van der Waals surface area contributed by atoms with Crippen LogP contribution in [0.3, 0.4) is 0 Å². The van der Waals surface area contributed by atoms with E-state index in [1.165, 1.54) is 51.5 Å². The summed E-state index contributed by atoms with van der Waals surface area (Å²) >= 11 is 3.67. The zero-order chi connectivity index (χ0) is 29.0. The van der Waals surface area contributed by atoms with Crippen molar-refractivity contribution >= 4 is 63.0 Å². The van der Waals surface area contributed by atoms with E-state index in [0.717, 1.165) is 16.7 Å². The van der Waals surface area contributed by atoms with Crippen LogP contribution >= 0.6 is 22.7 Å². The van der Waals surface area contributed by atoms with Crippen molar-refractivity contribution in [3.05, 3.63) is 140 Å². The lowest BCUT2D eigenvalue weighted by atomic mass is 9.93. The van der Waals surface area contributed by atoms with E-state index in [4.69, 9.17) is 15.0 Å². The summed E-state index contributed by atoms with van der Waals surface area (Å²) in [5.74, 6) is 2.00. The molecular weight excluding hydrogens is 575 g/mol. The van der Waals surface area contributed by atoms with E-state index in [1.807, 2.05) is 59.1 Å². The number of hydrogen-bond acceptors (Lipinski definition) is 5. The molecule has 0 aliphatic carbocycles. The Bertz CT molecular complexity index is 2440. The maximum Gasteiger partial charge on any atom is 0.164 e. The van der Waals surface area contributed by atoms with Crippen molar-refractivity contribution < 1.29 is 0 Å². The minimum atomic E-state index is 0.665. The summed E-state index contributed by atoms with van der Waals surface area (Å²) in [6.07, 6.45) is 0. The smallest absolute Gasteiger partial charge is 0.164 e. The van der Waals surface area contributed by atoms with Crippen LogP contribution in [-0.4, -0.2) is 15.0 Å². The Balaban J connectivity index is 1.37. The topological polar surface area (TPSA) is 38.7 Å². The number of thiophene rings is 2. The molecule has 0 fully saturated rings. The minimum Gasteiger partial charge on any atom is -0.208 e. The van der Waals surface area contributed by atoms with Gasteiger partial charge in [0.05, 0.1) is 0 Å². The third-order valence-corrected chi connectivity index (χ3v) is 10.4. The van der Waals surface area contributed by atoms with Crippen molar-refractivity contribution in [1.82, 2.24) is 15.0 Å². The van der Waals surface area contributed by atoms with Crippen LogP contribution in [0.2, 0.25) is 0 Å². The zero-order valence-corrected chi connectivity index (χ0v) is 25.1. The predicted octanol–water partition coefficient (Wildman–Crippen LogP) is 11.3. The monoisotopic (exact) mass is 597 g/mol. The van der Waals surface area contributed by atoms with Gasteiger partial charge in [0.1, 0.15) is 0 Å². The second-order valence-electron chi connectivity index (χ2n) is 10.8. The van der Waals surface area contributed by atoms with E-state index in [0.29, 0.717) is 17.5 Å². The van der Waals surface area contributed by atoms with E-state index >= 15 is 0 Å². The molecule has 9 rings (SSSR count). The molecule has 0 bridgehead atoms. The highest BCUT2D eigenvalue weighted by atomic mass is 32.1. The summed E-state index contributed by atoms with van der Waals surface area (Å²) in [7, 11) is 0. The molecule has 5 heteroatoms.